The lowest BCUT2D eigenvalue weighted by molar-refractivity contribution is 1.48. The molecule has 0 N–H and O–H groups in total. The second-order valence-electron chi connectivity index (χ2n) is 14.8. The monoisotopic (exact) mass is 772 g/mol. The van der Waals surface area contributed by atoms with E-state index in [1.807, 2.05) is 0 Å². The second kappa shape index (κ2) is 13.3. The minimum absolute atomic E-state index is 1.05. The van der Waals surface area contributed by atoms with Crippen LogP contribution in [0.3, 0.4) is 0 Å². The van der Waals surface area contributed by atoms with Crippen LogP contribution in [0.4, 0.5) is 0 Å². The van der Waals surface area contributed by atoms with Crippen molar-refractivity contribution >= 4 is 86.2 Å². The van der Waals surface area contributed by atoms with Gasteiger partial charge >= 0.3 is 0 Å². The highest BCUT2D eigenvalue weighted by Gasteiger charge is 2.22. The van der Waals surface area contributed by atoms with E-state index in [-0.39, 0.29) is 0 Å². The van der Waals surface area contributed by atoms with Gasteiger partial charge in [0.15, 0.2) is 0 Å². The van der Waals surface area contributed by atoms with E-state index < -0.39 is 0 Å². The number of rotatable bonds is 5. The first-order valence-corrected chi connectivity index (χ1v) is 21.2. The van der Waals surface area contributed by atoms with Crippen LogP contribution in [0.1, 0.15) is 0 Å². The molecule has 270 valence electrons. The molecule has 4 heteroatoms. The van der Waals surface area contributed by atoms with E-state index in [0.29, 0.717) is 0 Å². The molecule has 0 aliphatic rings. The van der Waals surface area contributed by atoms with E-state index in [1.54, 1.807) is 22.7 Å². The first-order chi connectivity index (χ1) is 28.8. The summed E-state index contributed by atoms with van der Waals surface area (Å²) in [5, 5.41) is 12.0. The molecule has 0 spiro atoms. The zero-order valence-electron chi connectivity index (χ0n) is 31.2. The first kappa shape index (κ1) is 33.2. The molecule has 0 unspecified atom stereocenters. The fourth-order valence-electron chi connectivity index (χ4n) is 8.97. The van der Waals surface area contributed by atoms with E-state index in [1.165, 1.54) is 85.9 Å². The van der Waals surface area contributed by atoms with Crippen LogP contribution in [0.5, 0.6) is 0 Å². The molecule has 0 saturated carbocycles. The van der Waals surface area contributed by atoms with E-state index >= 15 is 0 Å². The maximum Gasteiger partial charge on any atom is 0.124 e. The molecule has 2 heterocycles. The van der Waals surface area contributed by atoms with Crippen molar-refractivity contribution in [1.82, 2.24) is 9.97 Å². The third-order valence-electron chi connectivity index (χ3n) is 11.5. The van der Waals surface area contributed by atoms with Gasteiger partial charge in [-0.1, -0.05) is 170 Å². The average Bonchev–Trinajstić information content (AvgIpc) is 3.93. The maximum atomic E-state index is 4.95. The van der Waals surface area contributed by atoms with Gasteiger partial charge in [0.25, 0.3) is 0 Å². The lowest BCUT2D eigenvalue weighted by atomic mass is 9.81. The molecule has 2 nitrogen and oxygen atoms in total. The van der Waals surface area contributed by atoms with Crippen LogP contribution < -0.4 is 0 Å². The van der Waals surface area contributed by atoms with Crippen molar-refractivity contribution in [2.45, 2.75) is 0 Å². The normalized spacial score (nSPS) is 11.8. The van der Waals surface area contributed by atoms with Gasteiger partial charge in [0.2, 0.25) is 0 Å². The van der Waals surface area contributed by atoms with Crippen molar-refractivity contribution in [1.29, 1.82) is 0 Å². The van der Waals surface area contributed by atoms with Gasteiger partial charge in [0.05, 0.1) is 20.4 Å². The Kier molecular flexibility index (Phi) is 7.62. The third-order valence-corrected chi connectivity index (χ3v) is 13.7. The van der Waals surface area contributed by atoms with Gasteiger partial charge in [-0.2, -0.15) is 0 Å². The lowest BCUT2D eigenvalue weighted by Gasteiger charge is -2.22. The van der Waals surface area contributed by atoms with E-state index in [4.69, 9.17) is 9.97 Å². The third kappa shape index (κ3) is 5.23. The molecule has 0 aliphatic heterocycles. The van der Waals surface area contributed by atoms with Gasteiger partial charge in [-0.15, -0.1) is 22.7 Å². The Balaban J connectivity index is 1.07. The molecule has 0 atom stereocenters. The van der Waals surface area contributed by atoms with Crippen molar-refractivity contribution in [2.24, 2.45) is 0 Å². The summed E-state index contributed by atoms with van der Waals surface area (Å²) in [7, 11) is 0. The molecular formula is C54H32N2S2. The van der Waals surface area contributed by atoms with Crippen molar-refractivity contribution in [3.8, 4) is 54.5 Å². The highest BCUT2D eigenvalue weighted by Crippen LogP contribution is 2.50. The topological polar surface area (TPSA) is 25.8 Å². The van der Waals surface area contributed by atoms with Gasteiger partial charge in [0.1, 0.15) is 10.0 Å². The van der Waals surface area contributed by atoms with E-state index in [0.717, 1.165) is 32.2 Å². The molecule has 0 radical (unpaired) electrons. The molecular weight excluding hydrogens is 741 g/mol. The molecule has 0 saturated heterocycles. The number of hydrogen-bond donors (Lipinski definition) is 0. The number of para-hydroxylation sites is 2. The lowest BCUT2D eigenvalue weighted by Crippen LogP contribution is -1.94. The second-order valence-corrected chi connectivity index (χ2v) is 16.9. The molecule has 0 fully saturated rings. The van der Waals surface area contributed by atoms with Gasteiger partial charge in [-0.25, -0.2) is 9.97 Å². The molecule has 12 aromatic rings. The highest BCUT2D eigenvalue weighted by molar-refractivity contribution is 7.22. The van der Waals surface area contributed by atoms with Crippen LogP contribution in [0.2, 0.25) is 0 Å². The number of hydrogen-bond acceptors (Lipinski definition) is 4. The highest BCUT2D eigenvalue weighted by atomic mass is 32.1. The molecule has 12 rings (SSSR count). The number of nitrogens with zero attached hydrogens (tertiary/aromatic N) is 2. The zero-order valence-corrected chi connectivity index (χ0v) is 32.8. The molecule has 0 aliphatic carbocycles. The summed E-state index contributed by atoms with van der Waals surface area (Å²) in [5.74, 6) is 0. The van der Waals surface area contributed by atoms with Crippen LogP contribution in [-0.4, -0.2) is 9.97 Å². The number of thiazole rings is 2. The average molecular weight is 773 g/mol. The predicted molar refractivity (Wildman–Crippen MR) is 250 cm³/mol. The smallest absolute Gasteiger partial charge is 0.124 e. The molecule has 10 aromatic carbocycles. The van der Waals surface area contributed by atoms with Crippen LogP contribution in [0.25, 0.3) is 118 Å². The number of fused-ring (bicyclic) bond motifs is 6. The summed E-state index contributed by atoms with van der Waals surface area (Å²) in [5.41, 5.74) is 11.8. The Morgan fingerprint density at radius 3 is 0.810 bits per heavy atom. The van der Waals surface area contributed by atoms with Crippen LogP contribution in [-0.2, 0) is 0 Å². The summed E-state index contributed by atoms with van der Waals surface area (Å²) in [6.45, 7) is 0. The van der Waals surface area contributed by atoms with Crippen molar-refractivity contribution in [3.05, 3.63) is 194 Å². The summed E-state index contributed by atoms with van der Waals surface area (Å²) in [4.78, 5) is 9.89. The van der Waals surface area contributed by atoms with Gasteiger partial charge in [0, 0.05) is 11.1 Å². The van der Waals surface area contributed by atoms with Gasteiger partial charge in [-0.3, -0.25) is 0 Å². The first-order valence-electron chi connectivity index (χ1n) is 19.6. The summed E-state index contributed by atoms with van der Waals surface area (Å²) in [6.07, 6.45) is 0. The standard InChI is InChI=1S/C54H32N2S2/c1-5-17-41-37(13-1)49(33-25-29-35(30-26-33)53-55-45-21-9-11-23-47(45)57-53)38-14-2-6-18-42(38)51(41)52-43-19-7-3-15-39(43)50(40-16-4-8-20-44(40)52)34-27-31-36(32-28-34)54-56-46-22-10-12-24-48(46)58-54/h1-32H. The number of aromatic nitrogens is 2. The largest absolute Gasteiger partial charge is 0.236 e. The fraction of sp³-hybridized carbons (Fsp3) is 0. The quantitative estimate of drug-likeness (QED) is 0.163. The Labute approximate surface area is 343 Å². The SMILES string of the molecule is c1ccc2sc(-c3ccc(-c4c5ccccc5c(-c5c6ccccc6c(-c6ccc(-c7nc8ccccc8s7)cc6)c6ccccc56)c5ccccc45)cc3)nc2c1. The zero-order chi connectivity index (χ0) is 38.2. The van der Waals surface area contributed by atoms with E-state index in [9.17, 15) is 0 Å². The van der Waals surface area contributed by atoms with Gasteiger partial charge < -0.3 is 0 Å². The Bertz CT molecular complexity index is 3140. The molecule has 0 bridgehead atoms. The Morgan fingerprint density at radius 1 is 0.241 bits per heavy atom. The van der Waals surface area contributed by atoms with Crippen LogP contribution in [0, 0.1) is 0 Å². The van der Waals surface area contributed by atoms with Crippen LogP contribution >= 0.6 is 22.7 Å². The summed E-state index contributed by atoms with van der Waals surface area (Å²) >= 11 is 3.49. The van der Waals surface area contributed by atoms with Crippen molar-refractivity contribution in [2.75, 3.05) is 0 Å². The molecule has 0 amide bonds. The predicted octanol–water partition coefficient (Wildman–Crippen LogP) is 15.9. The Morgan fingerprint density at radius 2 is 0.500 bits per heavy atom. The fourth-order valence-corrected chi connectivity index (χ4v) is 10.9. The molecule has 58 heavy (non-hydrogen) atoms. The van der Waals surface area contributed by atoms with Crippen LogP contribution in [0.15, 0.2) is 194 Å². The maximum absolute atomic E-state index is 4.95. The van der Waals surface area contributed by atoms with Gasteiger partial charge in [-0.05, 0) is 101 Å². The minimum atomic E-state index is 1.05. The number of benzene rings is 10. The summed E-state index contributed by atoms with van der Waals surface area (Å²) < 4.78 is 2.42. The molecule has 2 aromatic heterocycles. The van der Waals surface area contributed by atoms with Crippen molar-refractivity contribution < 1.29 is 0 Å². The Hall–Kier alpha value is -6.98. The van der Waals surface area contributed by atoms with E-state index in [2.05, 4.69) is 194 Å². The summed E-state index contributed by atoms with van der Waals surface area (Å²) in [6, 6.07) is 70.7. The van der Waals surface area contributed by atoms with Crippen molar-refractivity contribution in [3.63, 3.8) is 0 Å². The minimum Gasteiger partial charge on any atom is -0.236 e.